The highest BCUT2D eigenvalue weighted by Crippen LogP contribution is 2.53. The molecule has 0 aliphatic carbocycles. The Morgan fingerprint density at radius 2 is 1.67 bits per heavy atom. The Labute approximate surface area is 112 Å². The maximum atomic E-state index is 2.42. The molecular weight excluding hydrogens is 218 g/mol. The fraction of sp³-hybridized carbons (Fsp3) is 0.647. The number of nitrogens with zero attached hydrogens (tertiary/aromatic N) is 1. The van der Waals surface area contributed by atoms with Gasteiger partial charge in [0.1, 0.15) is 5.69 Å². The van der Waals surface area contributed by atoms with Crippen molar-refractivity contribution in [3.05, 3.63) is 29.8 Å². The molecule has 1 aromatic carbocycles. The second kappa shape index (κ2) is 3.84. The Hall–Kier alpha value is -0.820. The monoisotopic (exact) mass is 246 g/mol. The van der Waals surface area contributed by atoms with Gasteiger partial charge in [-0.2, -0.15) is 0 Å². The van der Waals surface area contributed by atoms with Crippen LogP contribution in [0.15, 0.2) is 24.3 Å². The minimum absolute atomic E-state index is 0.287. The maximum Gasteiger partial charge on any atom is 0.136 e. The quantitative estimate of drug-likeness (QED) is 0.639. The predicted molar refractivity (Wildman–Crippen MR) is 80.8 cm³/mol. The van der Waals surface area contributed by atoms with Crippen molar-refractivity contribution in [2.45, 2.75) is 59.5 Å². The van der Waals surface area contributed by atoms with Gasteiger partial charge in [0.05, 0.1) is 18.6 Å². The van der Waals surface area contributed by atoms with Crippen LogP contribution in [0.3, 0.4) is 0 Å². The first-order valence-electron chi connectivity index (χ1n) is 7.05. The van der Waals surface area contributed by atoms with E-state index in [0.717, 1.165) is 4.48 Å². The van der Waals surface area contributed by atoms with Gasteiger partial charge in [-0.1, -0.05) is 32.0 Å². The summed E-state index contributed by atoms with van der Waals surface area (Å²) in [4.78, 5) is 0. The van der Waals surface area contributed by atoms with Crippen molar-refractivity contribution in [2.75, 3.05) is 7.05 Å². The zero-order valence-corrected chi connectivity index (χ0v) is 13.0. The lowest BCUT2D eigenvalue weighted by atomic mass is 9.82. The first-order valence-corrected chi connectivity index (χ1v) is 7.05. The lowest BCUT2D eigenvalue weighted by Gasteiger charge is -2.46. The molecule has 2 atom stereocenters. The van der Waals surface area contributed by atoms with Gasteiger partial charge >= 0.3 is 0 Å². The van der Waals surface area contributed by atoms with Crippen LogP contribution in [0, 0.1) is 12.3 Å². The van der Waals surface area contributed by atoms with Crippen molar-refractivity contribution in [3.63, 3.8) is 0 Å². The molecule has 18 heavy (non-hydrogen) atoms. The summed E-state index contributed by atoms with van der Waals surface area (Å²) >= 11 is 0. The summed E-state index contributed by atoms with van der Waals surface area (Å²) in [6, 6.07) is 9.51. The largest absolute Gasteiger partial charge is 0.286 e. The molecule has 0 spiro atoms. The van der Waals surface area contributed by atoms with E-state index in [1.165, 1.54) is 17.7 Å². The third-order valence-electron chi connectivity index (χ3n) is 5.67. The molecule has 1 aliphatic rings. The molecule has 0 amide bonds. The summed E-state index contributed by atoms with van der Waals surface area (Å²) in [5, 5.41) is 0. The van der Waals surface area contributed by atoms with Crippen LogP contribution in [-0.2, 0) is 0 Å². The van der Waals surface area contributed by atoms with E-state index in [0.29, 0.717) is 11.5 Å². The van der Waals surface area contributed by atoms with Crippen LogP contribution < -0.4 is 4.48 Å². The van der Waals surface area contributed by atoms with Gasteiger partial charge < -0.3 is 0 Å². The number of quaternary nitrogens is 1. The lowest BCUT2D eigenvalue weighted by molar-refractivity contribution is 0.165. The molecule has 0 N–H and O–H groups in total. The van der Waals surface area contributed by atoms with Crippen LogP contribution in [0.5, 0.6) is 0 Å². The van der Waals surface area contributed by atoms with E-state index < -0.39 is 0 Å². The van der Waals surface area contributed by atoms with Crippen molar-refractivity contribution < 1.29 is 0 Å². The molecule has 1 heteroatoms. The summed E-state index contributed by atoms with van der Waals surface area (Å²) in [7, 11) is 2.42. The maximum absolute atomic E-state index is 2.42. The van der Waals surface area contributed by atoms with Crippen LogP contribution in [0.2, 0.25) is 0 Å². The normalized spacial score (nSPS) is 33.6. The molecule has 100 valence electrons. The van der Waals surface area contributed by atoms with E-state index in [-0.39, 0.29) is 5.54 Å². The average Bonchev–Trinajstić information content (AvgIpc) is 2.37. The van der Waals surface area contributed by atoms with E-state index in [1.807, 2.05) is 0 Å². The van der Waals surface area contributed by atoms with Gasteiger partial charge in [0, 0.05) is 17.4 Å². The summed E-state index contributed by atoms with van der Waals surface area (Å²) < 4.78 is 1.05. The fourth-order valence-electron chi connectivity index (χ4n) is 4.27. The molecule has 1 fully saturated rings. The average molecular weight is 246 g/mol. The molecule has 0 saturated carbocycles. The van der Waals surface area contributed by atoms with E-state index in [2.05, 4.69) is 72.9 Å². The Kier molecular flexibility index (Phi) is 2.90. The van der Waals surface area contributed by atoms with Gasteiger partial charge in [-0.15, -0.1) is 0 Å². The molecule has 0 bridgehead atoms. The molecule has 0 aromatic heterocycles. The van der Waals surface area contributed by atoms with Gasteiger partial charge in [-0.25, -0.2) is 0 Å². The number of rotatable bonds is 1. The van der Waals surface area contributed by atoms with Gasteiger partial charge in [0.2, 0.25) is 0 Å². The van der Waals surface area contributed by atoms with Crippen LogP contribution in [-0.4, -0.2) is 18.6 Å². The second-order valence-electron chi connectivity index (χ2n) is 7.52. The highest BCUT2D eigenvalue weighted by atomic mass is 15.4. The SMILES string of the molecule is Cc1ccccc1[N@+]1(C)[C@@H](C)C(C)(C)CC1(C)C. The molecule has 0 unspecified atom stereocenters. The number of aryl methyl sites for hydroxylation is 1. The number of hydrogen-bond acceptors (Lipinski definition) is 0. The lowest BCUT2D eigenvalue weighted by Crippen LogP contribution is -2.60. The number of hydrogen-bond donors (Lipinski definition) is 0. The molecule has 1 saturated heterocycles. The smallest absolute Gasteiger partial charge is 0.136 e. The standard InChI is InChI=1S/C17H28N/c1-13-10-8-9-11-15(13)18(7)14(2)16(3,4)12-17(18,5)6/h8-11,14H,12H2,1-7H3/q+1/t14-,18-/m0/s1. The van der Waals surface area contributed by atoms with Crippen LogP contribution in [0.25, 0.3) is 0 Å². The van der Waals surface area contributed by atoms with Crippen molar-refractivity contribution in [1.29, 1.82) is 0 Å². The van der Waals surface area contributed by atoms with Crippen LogP contribution in [0.4, 0.5) is 5.69 Å². The Balaban J connectivity index is 2.63. The zero-order valence-electron chi connectivity index (χ0n) is 13.0. The minimum Gasteiger partial charge on any atom is -0.286 e. The van der Waals surface area contributed by atoms with Crippen molar-refractivity contribution in [1.82, 2.24) is 4.48 Å². The van der Waals surface area contributed by atoms with E-state index in [4.69, 9.17) is 0 Å². The predicted octanol–water partition coefficient (Wildman–Crippen LogP) is 4.53. The van der Waals surface area contributed by atoms with Gasteiger partial charge in [-0.05, 0) is 33.8 Å². The van der Waals surface area contributed by atoms with Crippen LogP contribution >= 0.6 is 0 Å². The van der Waals surface area contributed by atoms with Gasteiger partial charge in [-0.3, -0.25) is 4.48 Å². The van der Waals surface area contributed by atoms with Gasteiger partial charge in [0.25, 0.3) is 0 Å². The molecular formula is C17H28N+. The molecule has 2 rings (SSSR count). The third-order valence-corrected chi connectivity index (χ3v) is 5.67. The first kappa shape index (κ1) is 13.6. The highest BCUT2D eigenvalue weighted by molar-refractivity contribution is 5.53. The summed E-state index contributed by atoms with van der Waals surface area (Å²) in [5.74, 6) is 0. The highest BCUT2D eigenvalue weighted by Gasteiger charge is 2.60. The number of para-hydroxylation sites is 1. The van der Waals surface area contributed by atoms with Crippen LogP contribution in [0.1, 0.15) is 46.6 Å². The van der Waals surface area contributed by atoms with Gasteiger partial charge in [0.15, 0.2) is 0 Å². The Morgan fingerprint density at radius 3 is 2.11 bits per heavy atom. The van der Waals surface area contributed by atoms with E-state index in [1.54, 1.807) is 0 Å². The van der Waals surface area contributed by atoms with Crippen molar-refractivity contribution >= 4 is 5.69 Å². The number of benzene rings is 1. The fourth-order valence-corrected chi connectivity index (χ4v) is 4.27. The van der Waals surface area contributed by atoms with E-state index in [9.17, 15) is 0 Å². The number of likely N-dealkylation sites (tertiary alicyclic amines) is 1. The zero-order chi connectivity index (χ0) is 13.8. The van der Waals surface area contributed by atoms with E-state index >= 15 is 0 Å². The van der Waals surface area contributed by atoms with Crippen molar-refractivity contribution in [3.8, 4) is 0 Å². The molecule has 1 nitrogen and oxygen atoms in total. The summed E-state index contributed by atoms with van der Waals surface area (Å²) in [6.07, 6.45) is 1.27. The Bertz CT molecular complexity index is 458. The third kappa shape index (κ3) is 1.64. The first-order chi connectivity index (χ1) is 8.13. The minimum atomic E-state index is 0.287. The molecule has 0 radical (unpaired) electrons. The molecule has 1 aromatic rings. The topological polar surface area (TPSA) is 0 Å². The molecule has 1 aliphatic heterocycles. The second-order valence-corrected chi connectivity index (χ2v) is 7.52. The van der Waals surface area contributed by atoms with Crippen molar-refractivity contribution in [2.24, 2.45) is 5.41 Å². The Morgan fingerprint density at radius 1 is 1.11 bits per heavy atom. The summed E-state index contributed by atoms with van der Waals surface area (Å²) in [5.41, 5.74) is 3.58. The molecule has 1 heterocycles. The summed E-state index contributed by atoms with van der Waals surface area (Å²) in [6.45, 7) is 14.3.